The number of carboxylic acids is 1. The van der Waals surface area contributed by atoms with Crippen LogP contribution in [0.2, 0.25) is 0 Å². The predicted molar refractivity (Wildman–Crippen MR) is 63.0 cm³/mol. The molecular weight excluding hydrogens is 220 g/mol. The zero-order chi connectivity index (χ0) is 12.1. The Labute approximate surface area is 98.3 Å². The summed E-state index contributed by atoms with van der Waals surface area (Å²) in [6.07, 6.45) is 5.24. The Morgan fingerprint density at radius 2 is 2.29 bits per heavy atom. The van der Waals surface area contributed by atoms with Crippen molar-refractivity contribution < 1.29 is 9.90 Å². The third-order valence-electron chi connectivity index (χ3n) is 2.38. The van der Waals surface area contributed by atoms with Gasteiger partial charge in [0.15, 0.2) is 5.65 Å². The second kappa shape index (κ2) is 5.29. The van der Waals surface area contributed by atoms with E-state index in [2.05, 4.69) is 15.4 Å². The summed E-state index contributed by atoms with van der Waals surface area (Å²) in [5.41, 5.74) is 0.792. The zero-order valence-electron chi connectivity index (χ0n) is 9.33. The number of aromatic nitrogens is 3. The summed E-state index contributed by atoms with van der Waals surface area (Å²) in [5.74, 6) is 0.0390. The van der Waals surface area contributed by atoms with Crippen LogP contribution in [0.15, 0.2) is 24.5 Å². The van der Waals surface area contributed by atoms with Crippen molar-refractivity contribution in [1.29, 1.82) is 0 Å². The Bertz CT molecular complexity index is 509. The standard InChI is InChI=1S/C11H14N4O2/c16-11(17)3-1-2-6-12-9-5-8-15-10(14-9)4-7-13-15/h4-5,7-8H,1-3,6H2,(H,12,14)(H,16,17). The topological polar surface area (TPSA) is 79.5 Å². The molecule has 0 unspecified atom stereocenters. The minimum atomic E-state index is -0.746. The third-order valence-corrected chi connectivity index (χ3v) is 2.38. The fraction of sp³-hybridized carbons (Fsp3) is 0.364. The molecule has 0 fully saturated rings. The van der Waals surface area contributed by atoms with E-state index in [0.717, 1.165) is 24.4 Å². The number of carboxylic acid groups (broad SMARTS) is 1. The fourth-order valence-corrected chi connectivity index (χ4v) is 1.53. The van der Waals surface area contributed by atoms with Gasteiger partial charge in [0.2, 0.25) is 0 Å². The van der Waals surface area contributed by atoms with Crippen LogP contribution in [-0.4, -0.2) is 32.2 Å². The summed E-state index contributed by atoms with van der Waals surface area (Å²) < 4.78 is 1.69. The van der Waals surface area contributed by atoms with Gasteiger partial charge in [-0.2, -0.15) is 5.10 Å². The number of hydrogen-bond acceptors (Lipinski definition) is 4. The van der Waals surface area contributed by atoms with Crippen molar-refractivity contribution in [1.82, 2.24) is 14.6 Å². The van der Waals surface area contributed by atoms with Crippen LogP contribution in [0.25, 0.3) is 5.65 Å². The molecule has 0 bridgehead atoms. The highest BCUT2D eigenvalue weighted by Crippen LogP contribution is 2.06. The summed E-state index contributed by atoms with van der Waals surface area (Å²) in [5, 5.41) is 15.7. The summed E-state index contributed by atoms with van der Waals surface area (Å²) in [4.78, 5) is 14.6. The van der Waals surface area contributed by atoms with Crippen molar-refractivity contribution in [3.63, 3.8) is 0 Å². The molecule has 0 aliphatic carbocycles. The summed E-state index contributed by atoms with van der Waals surface area (Å²) in [6.45, 7) is 0.727. The molecule has 0 amide bonds. The molecule has 2 rings (SSSR count). The van der Waals surface area contributed by atoms with Gasteiger partial charge in [-0.25, -0.2) is 9.50 Å². The lowest BCUT2D eigenvalue weighted by molar-refractivity contribution is -0.137. The highest BCUT2D eigenvalue weighted by Gasteiger charge is 1.99. The lowest BCUT2D eigenvalue weighted by Crippen LogP contribution is -2.05. The van der Waals surface area contributed by atoms with Crippen LogP contribution < -0.4 is 5.32 Å². The SMILES string of the molecule is O=C(O)CCCCNc1ccn2nccc2n1. The number of fused-ring (bicyclic) bond motifs is 1. The van der Waals surface area contributed by atoms with Crippen molar-refractivity contribution >= 4 is 17.4 Å². The van der Waals surface area contributed by atoms with E-state index in [1.165, 1.54) is 0 Å². The second-order valence-electron chi connectivity index (χ2n) is 3.72. The van der Waals surface area contributed by atoms with Gasteiger partial charge in [0, 0.05) is 25.2 Å². The highest BCUT2D eigenvalue weighted by molar-refractivity contribution is 5.66. The van der Waals surface area contributed by atoms with Crippen LogP contribution in [0, 0.1) is 0 Å². The Kier molecular flexibility index (Phi) is 3.54. The highest BCUT2D eigenvalue weighted by atomic mass is 16.4. The number of unbranched alkanes of at least 4 members (excludes halogenated alkanes) is 1. The maximum Gasteiger partial charge on any atom is 0.303 e. The number of nitrogens with one attached hydrogen (secondary N) is 1. The molecule has 6 heteroatoms. The fourth-order valence-electron chi connectivity index (χ4n) is 1.53. The molecule has 2 N–H and O–H groups in total. The molecular formula is C11H14N4O2. The molecule has 0 saturated carbocycles. The van der Waals surface area contributed by atoms with Crippen LogP contribution in [0.3, 0.4) is 0 Å². The number of nitrogens with zero attached hydrogens (tertiary/aromatic N) is 3. The Morgan fingerprint density at radius 3 is 3.12 bits per heavy atom. The molecule has 0 atom stereocenters. The minimum absolute atomic E-state index is 0.219. The molecule has 2 aromatic rings. The van der Waals surface area contributed by atoms with Crippen LogP contribution in [0.1, 0.15) is 19.3 Å². The van der Waals surface area contributed by atoms with E-state index in [-0.39, 0.29) is 6.42 Å². The lowest BCUT2D eigenvalue weighted by Gasteiger charge is -2.04. The molecule has 0 aliphatic heterocycles. The van der Waals surface area contributed by atoms with Crippen molar-refractivity contribution in [2.45, 2.75) is 19.3 Å². The molecule has 6 nitrogen and oxygen atoms in total. The van der Waals surface area contributed by atoms with Crippen molar-refractivity contribution in [3.05, 3.63) is 24.5 Å². The van der Waals surface area contributed by atoms with Gasteiger partial charge in [0.25, 0.3) is 0 Å². The van der Waals surface area contributed by atoms with Gasteiger partial charge in [-0.3, -0.25) is 4.79 Å². The van der Waals surface area contributed by atoms with E-state index in [1.807, 2.05) is 18.3 Å². The average molecular weight is 234 g/mol. The summed E-state index contributed by atoms with van der Waals surface area (Å²) in [7, 11) is 0. The first-order valence-corrected chi connectivity index (χ1v) is 5.52. The quantitative estimate of drug-likeness (QED) is 0.738. The van der Waals surface area contributed by atoms with Gasteiger partial charge >= 0.3 is 5.97 Å². The smallest absolute Gasteiger partial charge is 0.303 e. The van der Waals surface area contributed by atoms with E-state index < -0.39 is 5.97 Å². The van der Waals surface area contributed by atoms with Crippen molar-refractivity contribution in [2.24, 2.45) is 0 Å². The van der Waals surface area contributed by atoms with Gasteiger partial charge in [-0.15, -0.1) is 0 Å². The maximum absolute atomic E-state index is 10.3. The largest absolute Gasteiger partial charge is 0.481 e. The van der Waals surface area contributed by atoms with Crippen LogP contribution in [0.5, 0.6) is 0 Å². The Balaban J connectivity index is 1.80. The number of rotatable bonds is 6. The normalized spacial score (nSPS) is 10.6. The van der Waals surface area contributed by atoms with Gasteiger partial charge in [0.05, 0.1) is 6.20 Å². The molecule has 0 saturated heterocycles. The molecule has 2 aromatic heterocycles. The van der Waals surface area contributed by atoms with E-state index >= 15 is 0 Å². The Hall–Kier alpha value is -2.11. The zero-order valence-corrected chi connectivity index (χ0v) is 9.33. The number of aliphatic carboxylic acids is 1. The van der Waals surface area contributed by atoms with Gasteiger partial charge in [0.1, 0.15) is 5.82 Å². The first kappa shape index (κ1) is 11.4. The van der Waals surface area contributed by atoms with Gasteiger partial charge in [-0.05, 0) is 18.9 Å². The van der Waals surface area contributed by atoms with Crippen LogP contribution in [-0.2, 0) is 4.79 Å². The number of carbonyl (C=O) groups is 1. The molecule has 0 aromatic carbocycles. The van der Waals surface area contributed by atoms with E-state index in [1.54, 1.807) is 10.7 Å². The first-order chi connectivity index (χ1) is 8.25. The molecule has 90 valence electrons. The maximum atomic E-state index is 10.3. The van der Waals surface area contributed by atoms with Crippen molar-refractivity contribution in [3.8, 4) is 0 Å². The van der Waals surface area contributed by atoms with E-state index in [0.29, 0.717) is 6.42 Å². The molecule has 0 aliphatic rings. The monoisotopic (exact) mass is 234 g/mol. The van der Waals surface area contributed by atoms with Crippen LogP contribution >= 0.6 is 0 Å². The third kappa shape index (κ3) is 3.17. The summed E-state index contributed by atoms with van der Waals surface area (Å²) >= 11 is 0. The molecule has 0 spiro atoms. The van der Waals surface area contributed by atoms with Crippen molar-refractivity contribution in [2.75, 3.05) is 11.9 Å². The van der Waals surface area contributed by atoms with Gasteiger partial charge in [-0.1, -0.05) is 0 Å². The van der Waals surface area contributed by atoms with E-state index in [4.69, 9.17) is 5.11 Å². The second-order valence-corrected chi connectivity index (χ2v) is 3.72. The first-order valence-electron chi connectivity index (χ1n) is 5.52. The Morgan fingerprint density at radius 1 is 1.41 bits per heavy atom. The predicted octanol–water partition coefficient (Wildman–Crippen LogP) is 1.40. The summed E-state index contributed by atoms with van der Waals surface area (Å²) in [6, 6.07) is 3.67. The average Bonchev–Trinajstić information content (AvgIpc) is 2.75. The van der Waals surface area contributed by atoms with Crippen LogP contribution in [0.4, 0.5) is 5.82 Å². The van der Waals surface area contributed by atoms with E-state index in [9.17, 15) is 4.79 Å². The molecule has 0 radical (unpaired) electrons. The lowest BCUT2D eigenvalue weighted by atomic mass is 10.2. The molecule has 2 heterocycles. The number of hydrogen-bond donors (Lipinski definition) is 2. The van der Waals surface area contributed by atoms with Gasteiger partial charge < -0.3 is 10.4 Å². The number of anilines is 1. The minimum Gasteiger partial charge on any atom is -0.481 e. The molecule has 17 heavy (non-hydrogen) atoms.